The van der Waals surface area contributed by atoms with E-state index >= 15 is 0 Å². The van der Waals surface area contributed by atoms with Gasteiger partial charge in [-0.1, -0.05) is 66.2 Å². The molecule has 1 N–H and O–H groups in total. The lowest BCUT2D eigenvalue weighted by atomic mass is 9.84. The molecule has 0 aromatic heterocycles. The summed E-state index contributed by atoms with van der Waals surface area (Å²) in [7, 11) is 0. The van der Waals surface area contributed by atoms with Crippen LogP contribution in [0.2, 0.25) is 15.1 Å². The number of rotatable bonds is 5. The molecule has 0 radical (unpaired) electrons. The van der Waals surface area contributed by atoms with E-state index in [9.17, 15) is 4.79 Å². The number of anilines is 1. The third-order valence-corrected chi connectivity index (χ3v) is 5.65. The van der Waals surface area contributed by atoms with Gasteiger partial charge in [0, 0.05) is 0 Å². The van der Waals surface area contributed by atoms with Crippen LogP contribution in [0.3, 0.4) is 0 Å². The van der Waals surface area contributed by atoms with Gasteiger partial charge in [-0.3, -0.25) is 4.79 Å². The minimum absolute atomic E-state index is 0.112. The van der Waals surface area contributed by atoms with Crippen LogP contribution in [0.15, 0.2) is 36.4 Å². The van der Waals surface area contributed by atoms with E-state index < -0.39 is 0 Å². The van der Waals surface area contributed by atoms with Gasteiger partial charge in [0.05, 0.1) is 20.8 Å². The van der Waals surface area contributed by atoms with E-state index in [1.54, 1.807) is 0 Å². The Morgan fingerprint density at radius 1 is 0.962 bits per heavy atom. The first-order valence-corrected chi connectivity index (χ1v) is 9.83. The number of nitrogens with one attached hydrogen (secondary N) is 1. The van der Waals surface area contributed by atoms with E-state index in [1.807, 2.05) is 12.1 Å². The number of hydrogen-bond acceptors (Lipinski definition) is 2. The molecule has 138 valence electrons. The van der Waals surface area contributed by atoms with E-state index in [0.29, 0.717) is 32.4 Å². The lowest BCUT2D eigenvalue weighted by Crippen LogP contribution is -2.20. The van der Waals surface area contributed by atoms with Crippen molar-refractivity contribution in [2.45, 2.75) is 38.0 Å². The molecule has 1 aliphatic rings. The Kier molecular flexibility index (Phi) is 6.68. The first kappa shape index (κ1) is 19.3. The zero-order chi connectivity index (χ0) is 18.5. The molecule has 0 atom stereocenters. The van der Waals surface area contributed by atoms with E-state index in [0.717, 1.165) is 0 Å². The maximum atomic E-state index is 12.1. The first-order valence-electron chi connectivity index (χ1n) is 8.70. The fraction of sp³-hybridized carbons (Fsp3) is 0.350. The molecular formula is C20H20Cl3NO2. The molecule has 2 aromatic carbocycles. The van der Waals surface area contributed by atoms with Crippen LogP contribution in [-0.2, 0) is 4.79 Å². The summed E-state index contributed by atoms with van der Waals surface area (Å²) in [6.07, 6.45) is 6.47. The highest BCUT2D eigenvalue weighted by Crippen LogP contribution is 2.34. The number of halogens is 3. The van der Waals surface area contributed by atoms with E-state index in [-0.39, 0.29) is 12.5 Å². The Morgan fingerprint density at radius 2 is 1.62 bits per heavy atom. The molecule has 1 fully saturated rings. The Morgan fingerprint density at radius 3 is 2.31 bits per heavy atom. The SMILES string of the molecule is O=C(COc1ccc(C2CCCCC2)cc1)Nc1cc(Cl)c(Cl)cc1Cl. The number of benzene rings is 2. The van der Waals surface area contributed by atoms with Crippen LogP contribution in [0.4, 0.5) is 5.69 Å². The molecule has 0 aliphatic heterocycles. The van der Waals surface area contributed by atoms with Crippen molar-refractivity contribution in [1.82, 2.24) is 0 Å². The molecule has 0 unspecified atom stereocenters. The number of amides is 1. The normalized spacial score (nSPS) is 14.9. The fourth-order valence-corrected chi connectivity index (χ4v) is 3.82. The van der Waals surface area contributed by atoms with Crippen LogP contribution in [0.1, 0.15) is 43.6 Å². The Hall–Kier alpha value is -1.42. The highest BCUT2D eigenvalue weighted by atomic mass is 35.5. The Labute approximate surface area is 168 Å². The Bertz CT molecular complexity index is 771. The van der Waals surface area contributed by atoms with Gasteiger partial charge in [0.1, 0.15) is 5.75 Å². The molecule has 1 amide bonds. The molecule has 0 heterocycles. The van der Waals surface area contributed by atoms with Crippen molar-refractivity contribution in [3.8, 4) is 5.75 Å². The molecule has 1 aliphatic carbocycles. The van der Waals surface area contributed by atoms with E-state index in [2.05, 4.69) is 17.4 Å². The molecule has 0 saturated heterocycles. The molecule has 3 nitrogen and oxygen atoms in total. The first-order chi connectivity index (χ1) is 12.5. The van der Waals surface area contributed by atoms with Crippen molar-refractivity contribution in [3.05, 3.63) is 57.0 Å². The van der Waals surface area contributed by atoms with Crippen molar-refractivity contribution in [2.75, 3.05) is 11.9 Å². The fourth-order valence-electron chi connectivity index (χ4n) is 3.23. The third kappa shape index (κ3) is 5.06. The largest absolute Gasteiger partial charge is 0.484 e. The van der Waals surface area contributed by atoms with E-state index in [1.165, 1.54) is 49.8 Å². The van der Waals surface area contributed by atoms with Crippen LogP contribution in [0.5, 0.6) is 5.75 Å². The number of carbonyl (C=O) groups is 1. The zero-order valence-corrected chi connectivity index (χ0v) is 16.5. The zero-order valence-electron chi connectivity index (χ0n) is 14.2. The summed E-state index contributed by atoms with van der Waals surface area (Å²) >= 11 is 17.9. The predicted molar refractivity (Wildman–Crippen MR) is 108 cm³/mol. The maximum absolute atomic E-state index is 12.1. The molecule has 0 spiro atoms. The predicted octanol–water partition coefficient (Wildman–Crippen LogP) is 6.71. The summed E-state index contributed by atoms with van der Waals surface area (Å²) in [5.74, 6) is 1.000. The second-order valence-corrected chi connectivity index (χ2v) is 7.71. The van der Waals surface area contributed by atoms with Gasteiger partial charge in [0.2, 0.25) is 0 Å². The van der Waals surface area contributed by atoms with E-state index in [4.69, 9.17) is 39.5 Å². The second-order valence-electron chi connectivity index (χ2n) is 6.49. The molecule has 26 heavy (non-hydrogen) atoms. The number of carbonyl (C=O) groups excluding carboxylic acids is 1. The molecule has 2 aromatic rings. The van der Waals surface area contributed by atoms with Crippen molar-refractivity contribution in [2.24, 2.45) is 0 Å². The van der Waals surface area contributed by atoms with Crippen molar-refractivity contribution < 1.29 is 9.53 Å². The summed E-state index contributed by atoms with van der Waals surface area (Å²) in [6.45, 7) is -0.112. The van der Waals surface area contributed by atoms with Gasteiger partial charge in [-0.05, 0) is 48.6 Å². The number of ether oxygens (including phenoxy) is 1. The monoisotopic (exact) mass is 411 g/mol. The van der Waals surface area contributed by atoms with Crippen LogP contribution in [-0.4, -0.2) is 12.5 Å². The molecule has 3 rings (SSSR count). The van der Waals surface area contributed by atoms with Gasteiger partial charge in [0.25, 0.3) is 5.91 Å². The topological polar surface area (TPSA) is 38.3 Å². The van der Waals surface area contributed by atoms with Crippen LogP contribution in [0.25, 0.3) is 0 Å². The highest BCUT2D eigenvalue weighted by molar-refractivity contribution is 6.44. The smallest absolute Gasteiger partial charge is 0.262 e. The van der Waals surface area contributed by atoms with Gasteiger partial charge in [-0.2, -0.15) is 0 Å². The summed E-state index contributed by atoms with van der Waals surface area (Å²) in [6, 6.07) is 11.0. The van der Waals surface area contributed by atoms with Crippen LogP contribution < -0.4 is 10.1 Å². The average molecular weight is 413 g/mol. The average Bonchev–Trinajstić information content (AvgIpc) is 2.65. The number of hydrogen-bond donors (Lipinski definition) is 1. The summed E-state index contributed by atoms with van der Waals surface area (Å²) in [5.41, 5.74) is 1.76. The molecule has 0 bridgehead atoms. The summed E-state index contributed by atoms with van der Waals surface area (Å²) in [4.78, 5) is 12.1. The lowest BCUT2D eigenvalue weighted by Gasteiger charge is -2.22. The van der Waals surface area contributed by atoms with Crippen molar-refractivity contribution >= 4 is 46.4 Å². The van der Waals surface area contributed by atoms with Crippen molar-refractivity contribution in [3.63, 3.8) is 0 Å². The maximum Gasteiger partial charge on any atom is 0.262 e. The summed E-state index contributed by atoms with van der Waals surface area (Å²) in [5, 5.41) is 3.66. The van der Waals surface area contributed by atoms with Crippen molar-refractivity contribution in [1.29, 1.82) is 0 Å². The molecular weight excluding hydrogens is 393 g/mol. The standard InChI is InChI=1S/C20H20Cl3NO2/c21-16-10-18(23)19(11-17(16)22)24-20(25)12-26-15-8-6-14(7-9-15)13-4-2-1-3-5-13/h6-11,13H,1-5,12H2,(H,24,25). The second kappa shape index (κ2) is 8.98. The van der Waals surface area contributed by atoms with Gasteiger partial charge >= 0.3 is 0 Å². The molecule has 6 heteroatoms. The molecule has 1 saturated carbocycles. The summed E-state index contributed by atoms with van der Waals surface area (Å²) < 4.78 is 5.56. The third-order valence-electron chi connectivity index (χ3n) is 4.61. The van der Waals surface area contributed by atoms with Crippen LogP contribution in [0, 0.1) is 0 Å². The Balaban J connectivity index is 1.53. The van der Waals surface area contributed by atoms with Gasteiger partial charge in [-0.25, -0.2) is 0 Å². The quantitative estimate of drug-likeness (QED) is 0.554. The van der Waals surface area contributed by atoms with Crippen LogP contribution >= 0.6 is 34.8 Å². The van der Waals surface area contributed by atoms with Gasteiger partial charge < -0.3 is 10.1 Å². The minimum Gasteiger partial charge on any atom is -0.484 e. The van der Waals surface area contributed by atoms with Gasteiger partial charge in [-0.15, -0.1) is 0 Å². The van der Waals surface area contributed by atoms with Gasteiger partial charge in [0.15, 0.2) is 6.61 Å². The lowest BCUT2D eigenvalue weighted by molar-refractivity contribution is -0.118. The highest BCUT2D eigenvalue weighted by Gasteiger charge is 2.15. The minimum atomic E-state index is -0.318.